The molecule has 74 valence electrons. The Labute approximate surface area is 85.1 Å². The Morgan fingerprint density at radius 1 is 1.29 bits per heavy atom. The lowest BCUT2D eigenvalue weighted by Crippen LogP contribution is -2.17. The molecule has 0 aromatic heterocycles. The lowest BCUT2D eigenvalue weighted by molar-refractivity contribution is 0.463. The molecule has 0 spiro atoms. The van der Waals surface area contributed by atoms with Crippen LogP contribution in [0.1, 0.15) is 31.9 Å². The first-order valence-corrected chi connectivity index (χ1v) is 5.00. The highest BCUT2D eigenvalue weighted by molar-refractivity contribution is 5.70. The van der Waals surface area contributed by atoms with Crippen molar-refractivity contribution in [1.82, 2.24) is 0 Å². The van der Waals surface area contributed by atoms with E-state index < -0.39 is 0 Å². The van der Waals surface area contributed by atoms with Crippen LogP contribution in [0.15, 0.2) is 24.3 Å². The number of phenols is 1. The molecule has 0 saturated carbocycles. The third-order valence-corrected chi connectivity index (χ3v) is 2.77. The van der Waals surface area contributed by atoms with Gasteiger partial charge in [0.05, 0.1) is 0 Å². The minimum absolute atomic E-state index is 0.244. The van der Waals surface area contributed by atoms with Crippen molar-refractivity contribution in [3.63, 3.8) is 0 Å². The Morgan fingerprint density at radius 2 is 2.00 bits per heavy atom. The Bertz CT molecular complexity index is 400. The summed E-state index contributed by atoms with van der Waals surface area (Å²) in [5.41, 5.74) is 4.05. The quantitative estimate of drug-likeness (QED) is 0.661. The summed E-state index contributed by atoms with van der Waals surface area (Å²) in [5.74, 6) is 0.358. The highest BCUT2D eigenvalue weighted by atomic mass is 16.3. The molecule has 0 saturated heterocycles. The van der Waals surface area contributed by atoms with Crippen LogP contribution in [0.3, 0.4) is 0 Å². The smallest absolute Gasteiger partial charge is 0.116 e. The first-order chi connectivity index (χ1) is 6.48. The van der Waals surface area contributed by atoms with Gasteiger partial charge in [-0.2, -0.15) is 0 Å². The summed E-state index contributed by atoms with van der Waals surface area (Å²) >= 11 is 0. The summed E-state index contributed by atoms with van der Waals surface area (Å²) in [6.07, 6.45) is 3.34. The van der Waals surface area contributed by atoms with Crippen molar-refractivity contribution in [2.45, 2.75) is 27.2 Å². The predicted molar refractivity (Wildman–Crippen MR) is 59.2 cm³/mol. The normalized spacial score (nSPS) is 18.6. The number of hydrogen-bond donors (Lipinski definition) is 1. The molecular weight excluding hydrogens is 172 g/mol. The van der Waals surface area contributed by atoms with E-state index in [1.807, 2.05) is 12.1 Å². The minimum Gasteiger partial charge on any atom is -0.508 e. The minimum atomic E-state index is 0.244. The van der Waals surface area contributed by atoms with Crippen molar-refractivity contribution < 1.29 is 5.11 Å². The molecule has 0 amide bonds. The van der Waals surface area contributed by atoms with Crippen molar-refractivity contribution in [2.75, 3.05) is 0 Å². The van der Waals surface area contributed by atoms with Crippen LogP contribution >= 0.6 is 0 Å². The first-order valence-electron chi connectivity index (χ1n) is 5.00. The largest absolute Gasteiger partial charge is 0.508 e. The van der Waals surface area contributed by atoms with Crippen molar-refractivity contribution in [3.05, 3.63) is 35.4 Å². The topological polar surface area (TPSA) is 20.2 Å². The highest BCUT2D eigenvalue weighted by Crippen LogP contribution is 2.37. The Morgan fingerprint density at radius 3 is 2.71 bits per heavy atom. The maximum atomic E-state index is 9.41. The second-order valence-corrected chi connectivity index (χ2v) is 4.83. The van der Waals surface area contributed by atoms with E-state index in [0.29, 0.717) is 5.75 Å². The van der Waals surface area contributed by atoms with E-state index in [1.54, 1.807) is 6.07 Å². The van der Waals surface area contributed by atoms with Crippen LogP contribution in [-0.4, -0.2) is 5.11 Å². The molecule has 1 aliphatic carbocycles. The summed E-state index contributed by atoms with van der Waals surface area (Å²) < 4.78 is 0. The van der Waals surface area contributed by atoms with E-state index >= 15 is 0 Å². The number of hydrogen-bond acceptors (Lipinski definition) is 1. The zero-order chi connectivity index (χ0) is 10.3. The number of allylic oxidation sites excluding steroid dienone is 2. The molecule has 1 aromatic carbocycles. The van der Waals surface area contributed by atoms with Crippen LogP contribution in [0.25, 0.3) is 5.57 Å². The van der Waals surface area contributed by atoms with Crippen LogP contribution in [0, 0.1) is 5.41 Å². The summed E-state index contributed by atoms with van der Waals surface area (Å²) in [4.78, 5) is 0. The molecule has 1 heteroatoms. The van der Waals surface area contributed by atoms with Crippen LogP contribution in [0.2, 0.25) is 0 Å². The number of phenolic OH excluding ortho intramolecular Hbond substituents is 1. The SMILES string of the molecule is CC1=CC(C)(C)Cc2ccc(O)cc21. The Kier molecular flexibility index (Phi) is 1.91. The van der Waals surface area contributed by atoms with Gasteiger partial charge in [-0.05, 0) is 47.6 Å². The van der Waals surface area contributed by atoms with E-state index in [2.05, 4.69) is 26.8 Å². The molecule has 1 aromatic rings. The van der Waals surface area contributed by atoms with Gasteiger partial charge in [0.15, 0.2) is 0 Å². The monoisotopic (exact) mass is 188 g/mol. The maximum absolute atomic E-state index is 9.41. The second-order valence-electron chi connectivity index (χ2n) is 4.83. The Balaban J connectivity index is 2.56. The highest BCUT2D eigenvalue weighted by Gasteiger charge is 2.23. The van der Waals surface area contributed by atoms with Gasteiger partial charge in [-0.1, -0.05) is 26.0 Å². The van der Waals surface area contributed by atoms with Crippen LogP contribution in [-0.2, 0) is 6.42 Å². The molecule has 1 aliphatic rings. The van der Waals surface area contributed by atoms with Crippen molar-refractivity contribution in [3.8, 4) is 5.75 Å². The molecule has 1 N–H and O–H groups in total. The van der Waals surface area contributed by atoms with Gasteiger partial charge in [-0.25, -0.2) is 0 Å². The van der Waals surface area contributed by atoms with E-state index in [1.165, 1.54) is 16.7 Å². The van der Waals surface area contributed by atoms with E-state index in [9.17, 15) is 5.11 Å². The zero-order valence-corrected chi connectivity index (χ0v) is 8.96. The van der Waals surface area contributed by atoms with Crippen LogP contribution < -0.4 is 0 Å². The van der Waals surface area contributed by atoms with Crippen LogP contribution in [0.5, 0.6) is 5.75 Å². The van der Waals surface area contributed by atoms with Crippen molar-refractivity contribution in [2.24, 2.45) is 5.41 Å². The van der Waals surface area contributed by atoms with Gasteiger partial charge in [-0.15, -0.1) is 0 Å². The molecule has 0 radical (unpaired) electrons. The molecule has 0 aliphatic heterocycles. The fourth-order valence-electron chi connectivity index (χ4n) is 2.29. The molecule has 0 fully saturated rings. The van der Waals surface area contributed by atoms with Crippen molar-refractivity contribution in [1.29, 1.82) is 0 Å². The van der Waals surface area contributed by atoms with Gasteiger partial charge in [-0.3, -0.25) is 0 Å². The number of rotatable bonds is 0. The molecule has 0 bridgehead atoms. The van der Waals surface area contributed by atoms with Gasteiger partial charge in [0.25, 0.3) is 0 Å². The average Bonchev–Trinajstić information content (AvgIpc) is 2.05. The molecule has 14 heavy (non-hydrogen) atoms. The average molecular weight is 188 g/mol. The standard InChI is InChI=1S/C13H16O/c1-9-7-13(2,3)8-10-4-5-11(14)6-12(9)10/h4-7,14H,8H2,1-3H3. The van der Waals surface area contributed by atoms with Crippen molar-refractivity contribution >= 4 is 5.57 Å². The van der Waals surface area contributed by atoms with Crippen LogP contribution in [0.4, 0.5) is 0 Å². The third kappa shape index (κ3) is 1.54. The summed E-state index contributed by atoms with van der Waals surface area (Å²) in [5, 5.41) is 9.41. The summed E-state index contributed by atoms with van der Waals surface area (Å²) in [7, 11) is 0. The Hall–Kier alpha value is -1.24. The summed E-state index contributed by atoms with van der Waals surface area (Å²) in [6.45, 7) is 6.60. The van der Waals surface area contributed by atoms with Gasteiger partial charge >= 0.3 is 0 Å². The first kappa shape index (κ1) is 9.32. The molecule has 0 atom stereocenters. The van der Waals surface area contributed by atoms with E-state index in [-0.39, 0.29) is 5.41 Å². The molecule has 1 nitrogen and oxygen atoms in total. The lowest BCUT2D eigenvalue weighted by Gasteiger charge is -2.28. The fourth-order valence-corrected chi connectivity index (χ4v) is 2.29. The predicted octanol–water partition coefficient (Wildman–Crippen LogP) is 3.38. The fraction of sp³-hybridized carbons (Fsp3) is 0.385. The van der Waals surface area contributed by atoms with Gasteiger partial charge in [0.2, 0.25) is 0 Å². The number of fused-ring (bicyclic) bond motifs is 1. The lowest BCUT2D eigenvalue weighted by atomic mass is 9.76. The molecule has 0 heterocycles. The molecule has 2 rings (SSSR count). The zero-order valence-electron chi connectivity index (χ0n) is 8.96. The number of aromatic hydroxyl groups is 1. The second kappa shape index (κ2) is 2.88. The maximum Gasteiger partial charge on any atom is 0.116 e. The van der Waals surface area contributed by atoms with Gasteiger partial charge < -0.3 is 5.11 Å². The molecule has 0 unspecified atom stereocenters. The van der Waals surface area contributed by atoms with E-state index in [4.69, 9.17) is 0 Å². The third-order valence-electron chi connectivity index (χ3n) is 2.77. The summed E-state index contributed by atoms with van der Waals surface area (Å²) in [6, 6.07) is 5.66. The van der Waals surface area contributed by atoms with Gasteiger partial charge in [0, 0.05) is 0 Å². The number of benzene rings is 1. The van der Waals surface area contributed by atoms with Gasteiger partial charge in [0.1, 0.15) is 5.75 Å². The molecular formula is C13H16O. The van der Waals surface area contributed by atoms with E-state index in [0.717, 1.165) is 6.42 Å².